The molecule has 0 saturated heterocycles. The molecule has 7 nitrogen and oxygen atoms in total. The van der Waals surface area contributed by atoms with Gasteiger partial charge in [0.1, 0.15) is 0 Å². The Hall–Kier alpha value is -3.32. The predicted octanol–water partition coefficient (Wildman–Crippen LogP) is 4.11. The number of fused-ring (bicyclic) bond motifs is 1. The molecule has 1 N–H and O–H groups in total. The van der Waals surface area contributed by atoms with E-state index in [1.54, 1.807) is 18.2 Å². The van der Waals surface area contributed by atoms with E-state index in [2.05, 4.69) is 15.5 Å². The number of aryl methyl sites for hydroxylation is 1. The van der Waals surface area contributed by atoms with Crippen molar-refractivity contribution in [3.63, 3.8) is 0 Å². The number of aromatic hydroxyl groups is 1. The van der Waals surface area contributed by atoms with Crippen LogP contribution in [0.3, 0.4) is 0 Å². The van der Waals surface area contributed by atoms with Gasteiger partial charge in [-0.1, -0.05) is 24.3 Å². The van der Waals surface area contributed by atoms with Crippen molar-refractivity contribution in [1.82, 2.24) is 9.47 Å². The van der Waals surface area contributed by atoms with Crippen LogP contribution in [-0.2, 0) is 13.1 Å². The number of nitro groups is 1. The van der Waals surface area contributed by atoms with Crippen molar-refractivity contribution in [3.05, 3.63) is 87.7 Å². The van der Waals surface area contributed by atoms with Crippen LogP contribution in [0.1, 0.15) is 29.3 Å². The Labute approximate surface area is 168 Å². The summed E-state index contributed by atoms with van der Waals surface area (Å²) in [7, 11) is 1.53. The third kappa shape index (κ3) is 3.69. The number of non-ortho nitro benzene ring substituents is 1. The summed E-state index contributed by atoms with van der Waals surface area (Å²) < 4.78 is 7.45. The minimum atomic E-state index is -0.364. The van der Waals surface area contributed by atoms with E-state index in [0.717, 1.165) is 36.3 Å². The maximum atomic E-state index is 11.3. The Morgan fingerprint density at radius 2 is 2.00 bits per heavy atom. The van der Waals surface area contributed by atoms with E-state index in [4.69, 9.17) is 4.74 Å². The zero-order chi connectivity index (χ0) is 20.4. The molecule has 1 aromatic heterocycles. The highest BCUT2D eigenvalue weighted by Crippen LogP contribution is 2.37. The molecule has 0 aliphatic carbocycles. The highest BCUT2D eigenvalue weighted by Gasteiger charge is 2.29. The largest absolute Gasteiger partial charge is 0.504 e. The second kappa shape index (κ2) is 7.97. The van der Waals surface area contributed by atoms with E-state index >= 15 is 0 Å². The molecule has 1 aliphatic rings. The average Bonchev–Trinajstić information content (AvgIpc) is 3.11. The first-order valence-corrected chi connectivity index (χ1v) is 9.57. The summed E-state index contributed by atoms with van der Waals surface area (Å²) >= 11 is 0. The first-order valence-electron chi connectivity index (χ1n) is 9.57. The maximum absolute atomic E-state index is 11.3. The van der Waals surface area contributed by atoms with Crippen LogP contribution < -0.4 is 4.74 Å². The lowest BCUT2D eigenvalue weighted by molar-refractivity contribution is -0.384. The van der Waals surface area contributed by atoms with Gasteiger partial charge in [-0.2, -0.15) is 0 Å². The summed E-state index contributed by atoms with van der Waals surface area (Å²) in [6, 6.07) is 16.2. The van der Waals surface area contributed by atoms with Gasteiger partial charge in [0.25, 0.3) is 5.69 Å². The second-order valence-corrected chi connectivity index (χ2v) is 7.17. The second-order valence-electron chi connectivity index (χ2n) is 7.17. The number of nitro benzene ring substituents is 1. The molecule has 3 aromatic rings. The van der Waals surface area contributed by atoms with Crippen LogP contribution in [0, 0.1) is 10.1 Å². The number of methoxy groups -OCH3 is 1. The molecule has 2 aromatic carbocycles. The number of ether oxygens (including phenoxy) is 1. The van der Waals surface area contributed by atoms with Crippen molar-refractivity contribution < 1.29 is 14.8 Å². The van der Waals surface area contributed by atoms with E-state index in [9.17, 15) is 15.2 Å². The van der Waals surface area contributed by atoms with Crippen molar-refractivity contribution in [3.8, 4) is 11.5 Å². The first-order chi connectivity index (χ1) is 14.1. The Kier molecular flexibility index (Phi) is 5.22. The van der Waals surface area contributed by atoms with Gasteiger partial charge >= 0.3 is 0 Å². The molecule has 0 spiro atoms. The minimum absolute atomic E-state index is 0.0778. The molecule has 1 unspecified atom stereocenters. The normalized spacial score (nSPS) is 16.8. The van der Waals surface area contributed by atoms with Crippen molar-refractivity contribution in [2.45, 2.75) is 25.6 Å². The topological polar surface area (TPSA) is 80.8 Å². The van der Waals surface area contributed by atoms with E-state index in [0.29, 0.717) is 12.3 Å². The number of phenolic OH excluding ortho intramolecular Hbond substituents is 1. The third-order valence-electron chi connectivity index (χ3n) is 5.43. The predicted molar refractivity (Wildman–Crippen MR) is 109 cm³/mol. The van der Waals surface area contributed by atoms with Crippen LogP contribution in [0.4, 0.5) is 5.69 Å². The van der Waals surface area contributed by atoms with Crippen molar-refractivity contribution in [1.29, 1.82) is 0 Å². The average molecular weight is 393 g/mol. The molecular formula is C22H23N3O4. The van der Waals surface area contributed by atoms with Gasteiger partial charge in [-0.05, 0) is 30.2 Å². The Morgan fingerprint density at radius 1 is 1.17 bits per heavy atom. The molecule has 29 heavy (non-hydrogen) atoms. The number of phenols is 1. The summed E-state index contributed by atoms with van der Waals surface area (Å²) in [6.07, 6.45) is 2.99. The van der Waals surface area contributed by atoms with Crippen LogP contribution in [0.25, 0.3) is 0 Å². The molecule has 150 valence electrons. The Balaban J connectivity index is 1.77. The molecular weight excluding hydrogens is 370 g/mol. The summed E-state index contributed by atoms with van der Waals surface area (Å²) in [5, 5.41) is 21.9. The van der Waals surface area contributed by atoms with E-state index in [-0.39, 0.29) is 22.4 Å². The fourth-order valence-electron chi connectivity index (χ4n) is 4.08. The zero-order valence-corrected chi connectivity index (χ0v) is 16.2. The van der Waals surface area contributed by atoms with Crippen molar-refractivity contribution in [2.75, 3.05) is 13.7 Å². The third-order valence-corrected chi connectivity index (χ3v) is 5.43. The number of para-hydroxylation sites is 1. The maximum Gasteiger partial charge on any atom is 0.269 e. The van der Waals surface area contributed by atoms with Gasteiger partial charge in [-0.25, -0.2) is 0 Å². The number of benzene rings is 2. The van der Waals surface area contributed by atoms with Gasteiger partial charge in [-0.15, -0.1) is 0 Å². The summed E-state index contributed by atoms with van der Waals surface area (Å²) in [6.45, 7) is 2.18. The number of aromatic nitrogens is 1. The smallest absolute Gasteiger partial charge is 0.269 e. The molecule has 0 bridgehead atoms. The van der Waals surface area contributed by atoms with E-state index in [1.807, 2.05) is 30.5 Å². The van der Waals surface area contributed by atoms with Gasteiger partial charge in [-0.3, -0.25) is 15.0 Å². The standard InChI is InChI=1S/C22H23N3O4/c1-29-20-10-3-7-17(22(20)26)15-24-13-5-12-23-11-4-9-19(23)21(24)16-6-2-8-18(14-16)25(27)28/h2-4,6-11,14,21,26H,5,12-13,15H2,1H3. The molecule has 0 amide bonds. The summed E-state index contributed by atoms with van der Waals surface area (Å²) in [5.74, 6) is 0.569. The molecule has 4 rings (SSSR count). The fraction of sp³-hybridized carbons (Fsp3) is 0.273. The number of nitrogens with zero attached hydrogens (tertiary/aromatic N) is 3. The number of hydrogen-bond donors (Lipinski definition) is 1. The molecule has 2 heterocycles. The van der Waals surface area contributed by atoms with Crippen molar-refractivity contribution >= 4 is 5.69 Å². The lowest BCUT2D eigenvalue weighted by Gasteiger charge is -2.31. The molecule has 0 fully saturated rings. The van der Waals surface area contributed by atoms with E-state index in [1.165, 1.54) is 13.2 Å². The van der Waals surface area contributed by atoms with Gasteiger partial charge in [0.2, 0.25) is 0 Å². The van der Waals surface area contributed by atoms with Gasteiger partial charge in [0.15, 0.2) is 11.5 Å². The lowest BCUT2D eigenvalue weighted by Crippen LogP contribution is -2.29. The SMILES string of the molecule is COc1cccc(CN2CCCn3cccc3C2c2cccc([N+](=O)[O-])c2)c1O. The van der Waals surface area contributed by atoms with E-state index < -0.39 is 0 Å². The quantitative estimate of drug-likeness (QED) is 0.521. The van der Waals surface area contributed by atoms with Crippen molar-refractivity contribution in [2.24, 2.45) is 0 Å². The molecule has 0 radical (unpaired) electrons. The first kappa shape index (κ1) is 19.0. The molecule has 1 atom stereocenters. The van der Waals surface area contributed by atoms with Crippen LogP contribution in [0.5, 0.6) is 11.5 Å². The summed E-state index contributed by atoms with van der Waals surface area (Å²) in [4.78, 5) is 13.2. The van der Waals surface area contributed by atoms with Crippen LogP contribution in [0.15, 0.2) is 60.8 Å². The van der Waals surface area contributed by atoms with Gasteiger partial charge in [0, 0.05) is 49.2 Å². The number of hydrogen-bond acceptors (Lipinski definition) is 5. The molecule has 1 aliphatic heterocycles. The monoisotopic (exact) mass is 393 g/mol. The highest BCUT2D eigenvalue weighted by molar-refractivity contribution is 5.46. The van der Waals surface area contributed by atoms with Crippen LogP contribution in [-0.4, -0.2) is 33.2 Å². The lowest BCUT2D eigenvalue weighted by atomic mass is 10.00. The van der Waals surface area contributed by atoms with Crippen LogP contribution in [0.2, 0.25) is 0 Å². The van der Waals surface area contributed by atoms with Gasteiger partial charge < -0.3 is 14.4 Å². The number of rotatable bonds is 5. The minimum Gasteiger partial charge on any atom is -0.504 e. The fourth-order valence-corrected chi connectivity index (χ4v) is 4.08. The Morgan fingerprint density at radius 3 is 2.79 bits per heavy atom. The zero-order valence-electron chi connectivity index (χ0n) is 16.2. The summed E-state index contributed by atoms with van der Waals surface area (Å²) in [5.41, 5.74) is 2.79. The highest BCUT2D eigenvalue weighted by atomic mass is 16.6. The molecule has 7 heteroatoms. The van der Waals surface area contributed by atoms with Crippen LogP contribution >= 0.6 is 0 Å². The molecule has 0 saturated carbocycles. The van der Waals surface area contributed by atoms with Gasteiger partial charge in [0.05, 0.1) is 18.1 Å². The Bertz CT molecular complexity index is 1030.